The lowest BCUT2D eigenvalue weighted by molar-refractivity contribution is -0.159. The van der Waals surface area contributed by atoms with E-state index in [9.17, 15) is 9.59 Å². The van der Waals surface area contributed by atoms with Crippen molar-refractivity contribution < 1.29 is 9.59 Å². The van der Waals surface area contributed by atoms with E-state index in [1.54, 1.807) is 4.90 Å². The quantitative estimate of drug-likeness (QED) is 0.800. The Labute approximate surface area is 121 Å². The Bertz CT molecular complexity index is 432. The zero-order valence-electron chi connectivity index (χ0n) is 12.4. The van der Waals surface area contributed by atoms with Gasteiger partial charge in [-0.25, -0.2) is 0 Å². The smallest absolute Gasteiger partial charge is 0.249 e. The van der Waals surface area contributed by atoms with Crippen LogP contribution in [0.5, 0.6) is 0 Å². The number of carbonyl (C=O) groups is 2. The third kappa shape index (κ3) is 2.42. The molecule has 20 heavy (non-hydrogen) atoms. The van der Waals surface area contributed by atoms with Crippen LogP contribution in [-0.2, 0) is 9.59 Å². The summed E-state index contributed by atoms with van der Waals surface area (Å²) in [6.07, 6.45) is 11.2. The largest absolute Gasteiger partial charge is 0.340 e. The van der Waals surface area contributed by atoms with E-state index >= 15 is 0 Å². The summed E-state index contributed by atoms with van der Waals surface area (Å²) >= 11 is 0. The molecule has 2 rings (SSSR count). The van der Waals surface area contributed by atoms with Crippen molar-refractivity contribution in [3.05, 3.63) is 0 Å². The number of nitrogens with zero attached hydrogens (tertiary/aromatic N) is 1. The highest BCUT2D eigenvalue weighted by Crippen LogP contribution is 2.34. The molecule has 1 aliphatic heterocycles. The molecule has 1 saturated heterocycles. The minimum Gasteiger partial charge on any atom is -0.340 e. The van der Waals surface area contributed by atoms with Gasteiger partial charge in [-0.3, -0.25) is 9.59 Å². The molecule has 110 valence electrons. The van der Waals surface area contributed by atoms with E-state index in [0.29, 0.717) is 12.8 Å². The second-order valence-corrected chi connectivity index (χ2v) is 6.03. The fourth-order valence-corrected chi connectivity index (χ4v) is 3.54. The molecule has 0 bridgehead atoms. The van der Waals surface area contributed by atoms with Gasteiger partial charge in [0, 0.05) is 12.5 Å². The maximum atomic E-state index is 13.0. The second-order valence-electron chi connectivity index (χ2n) is 6.03. The average molecular weight is 276 g/mol. The molecular weight excluding hydrogens is 252 g/mol. The fourth-order valence-electron chi connectivity index (χ4n) is 3.54. The number of amides is 2. The number of carbonyl (C=O) groups excluding carboxylic acids is 2. The molecule has 1 aliphatic carbocycles. The number of rotatable bonds is 3. The first-order chi connectivity index (χ1) is 9.55. The Hall–Kier alpha value is -1.50. The molecule has 0 aromatic heterocycles. The first kappa shape index (κ1) is 14.9. The van der Waals surface area contributed by atoms with Crippen molar-refractivity contribution in [3.63, 3.8) is 0 Å². The lowest BCUT2D eigenvalue weighted by Gasteiger charge is -2.49. The number of nitrogens with one attached hydrogen (secondary N) is 1. The Morgan fingerprint density at radius 3 is 2.60 bits per heavy atom. The minimum absolute atomic E-state index is 0.0159. The van der Waals surface area contributed by atoms with Crippen molar-refractivity contribution in [1.29, 1.82) is 0 Å². The molecule has 0 aromatic rings. The number of hydrogen-bond donors (Lipinski definition) is 1. The highest BCUT2D eigenvalue weighted by molar-refractivity contribution is 6.00. The molecule has 0 radical (unpaired) electrons. The highest BCUT2D eigenvalue weighted by atomic mass is 16.2. The predicted molar refractivity (Wildman–Crippen MR) is 77.8 cm³/mol. The van der Waals surface area contributed by atoms with Gasteiger partial charge < -0.3 is 10.2 Å². The van der Waals surface area contributed by atoms with Crippen LogP contribution in [0.25, 0.3) is 0 Å². The van der Waals surface area contributed by atoms with Gasteiger partial charge in [0.2, 0.25) is 11.8 Å². The van der Waals surface area contributed by atoms with Gasteiger partial charge in [-0.15, -0.1) is 12.3 Å². The van der Waals surface area contributed by atoms with Gasteiger partial charge in [0.15, 0.2) is 0 Å². The molecule has 2 atom stereocenters. The molecule has 1 saturated carbocycles. The molecule has 2 fully saturated rings. The molecule has 2 aliphatic rings. The summed E-state index contributed by atoms with van der Waals surface area (Å²) in [4.78, 5) is 27.1. The van der Waals surface area contributed by atoms with Gasteiger partial charge in [0.05, 0.1) is 0 Å². The summed E-state index contributed by atoms with van der Waals surface area (Å²) in [6, 6.07) is -0.458. The Morgan fingerprint density at radius 2 is 2.05 bits per heavy atom. The Morgan fingerprint density at radius 1 is 1.40 bits per heavy atom. The third-order valence-electron chi connectivity index (χ3n) is 4.63. The van der Waals surface area contributed by atoms with Crippen molar-refractivity contribution in [3.8, 4) is 12.3 Å². The maximum absolute atomic E-state index is 13.0. The predicted octanol–water partition coefficient (Wildman–Crippen LogP) is 1.84. The van der Waals surface area contributed by atoms with Gasteiger partial charge in [-0.1, -0.05) is 26.2 Å². The van der Waals surface area contributed by atoms with Crippen LogP contribution in [0.4, 0.5) is 0 Å². The summed E-state index contributed by atoms with van der Waals surface area (Å²) in [5.74, 6) is 2.67. The summed E-state index contributed by atoms with van der Waals surface area (Å²) in [6.45, 7) is 3.88. The highest BCUT2D eigenvalue weighted by Gasteiger charge is 2.51. The van der Waals surface area contributed by atoms with Gasteiger partial charge >= 0.3 is 0 Å². The Balaban J connectivity index is 2.31. The zero-order valence-corrected chi connectivity index (χ0v) is 12.4. The van der Waals surface area contributed by atoms with Gasteiger partial charge in [0.1, 0.15) is 11.6 Å². The molecular formula is C16H24N2O2. The molecule has 1 heterocycles. The second kappa shape index (κ2) is 5.87. The summed E-state index contributed by atoms with van der Waals surface area (Å²) in [5.41, 5.74) is -0.663. The van der Waals surface area contributed by atoms with Gasteiger partial charge in [-0.2, -0.15) is 0 Å². The third-order valence-corrected chi connectivity index (χ3v) is 4.63. The molecule has 2 amide bonds. The first-order valence-electron chi connectivity index (χ1n) is 7.64. The summed E-state index contributed by atoms with van der Waals surface area (Å²) < 4.78 is 0. The van der Waals surface area contributed by atoms with Crippen LogP contribution in [0, 0.1) is 12.3 Å². The first-order valence-corrected chi connectivity index (χ1v) is 7.64. The van der Waals surface area contributed by atoms with Crippen LogP contribution in [0.1, 0.15) is 58.8 Å². The van der Waals surface area contributed by atoms with Crippen LogP contribution in [0.3, 0.4) is 0 Å². The number of terminal acetylenes is 1. The molecule has 2 unspecified atom stereocenters. The summed E-state index contributed by atoms with van der Waals surface area (Å²) in [5, 5.41) is 3.03. The normalized spacial score (nSPS) is 27.1. The molecule has 0 aromatic carbocycles. The van der Waals surface area contributed by atoms with Crippen LogP contribution < -0.4 is 5.32 Å². The zero-order chi connectivity index (χ0) is 14.8. The van der Waals surface area contributed by atoms with Crippen molar-refractivity contribution in [2.45, 2.75) is 76.4 Å². The van der Waals surface area contributed by atoms with Crippen LogP contribution in [0.2, 0.25) is 0 Å². The maximum Gasteiger partial charge on any atom is 0.249 e. The van der Waals surface area contributed by atoms with Crippen LogP contribution in [0.15, 0.2) is 0 Å². The molecule has 1 spiro atoms. The van der Waals surface area contributed by atoms with E-state index in [1.807, 2.05) is 13.8 Å². The number of piperazine rings is 1. The minimum atomic E-state index is -0.663. The van der Waals surface area contributed by atoms with E-state index < -0.39 is 5.54 Å². The molecule has 4 heteroatoms. The average Bonchev–Trinajstić information content (AvgIpc) is 2.43. The van der Waals surface area contributed by atoms with Crippen molar-refractivity contribution >= 4 is 11.8 Å². The standard InChI is InChI=1S/C16H24N2O2/c1-4-9-12(3)18-13(5-2)14(19)17-16(15(18)20)10-7-6-8-11-16/h1,12-13H,5-11H2,2-3H3,(H,17,19). The lowest BCUT2D eigenvalue weighted by Crippen LogP contribution is -2.72. The monoisotopic (exact) mass is 276 g/mol. The van der Waals surface area contributed by atoms with Gasteiger partial charge in [0.25, 0.3) is 0 Å². The fraction of sp³-hybridized carbons (Fsp3) is 0.750. The van der Waals surface area contributed by atoms with Crippen molar-refractivity contribution in [1.82, 2.24) is 10.2 Å². The lowest BCUT2D eigenvalue weighted by atomic mass is 9.78. The van der Waals surface area contributed by atoms with E-state index in [4.69, 9.17) is 6.42 Å². The van der Waals surface area contributed by atoms with Crippen LogP contribution in [-0.4, -0.2) is 34.3 Å². The number of hydrogen-bond acceptors (Lipinski definition) is 2. The SMILES string of the molecule is C#CCC(C)N1C(=O)C2(CCCCC2)NC(=O)C1CC. The molecule has 4 nitrogen and oxygen atoms in total. The molecule has 1 N–H and O–H groups in total. The van der Waals surface area contributed by atoms with E-state index in [0.717, 1.165) is 32.1 Å². The van der Waals surface area contributed by atoms with Crippen LogP contribution >= 0.6 is 0 Å². The Kier molecular flexibility index (Phi) is 4.37. The van der Waals surface area contributed by atoms with E-state index in [-0.39, 0.29) is 23.9 Å². The topological polar surface area (TPSA) is 49.4 Å². The van der Waals surface area contributed by atoms with Crippen molar-refractivity contribution in [2.75, 3.05) is 0 Å². The van der Waals surface area contributed by atoms with E-state index in [1.165, 1.54) is 0 Å². The van der Waals surface area contributed by atoms with Crippen molar-refractivity contribution in [2.24, 2.45) is 0 Å². The van der Waals surface area contributed by atoms with E-state index in [2.05, 4.69) is 11.2 Å². The summed E-state index contributed by atoms with van der Waals surface area (Å²) in [7, 11) is 0. The van der Waals surface area contributed by atoms with Gasteiger partial charge in [-0.05, 0) is 26.2 Å².